The summed E-state index contributed by atoms with van der Waals surface area (Å²) in [5, 5.41) is 0. The predicted octanol–water partition coefficient (Wildman–Crippen LogP) is 0.975. The number of rotatable bonds is 3. The van der Waals surface area contributed by atoms with E-state index in [9.17, 15) is 0 Å². The van der Waals surface area contributed by atoms with E-state index >= 15 is 0 Å². The SMILES string of the molecule is NC(=S)C1CCCN(Cc2ncccn2)C1. The number of piperidine rings is 1. The van der Waals surface area contributed by atoms with Crippen molar-refractivity contribution in [1.82, 2.24) is 14.9 Å². The molecule has 1 aliphatic heterocycles. The molecule has 1 aromatic rings. The summed E-state index contributed by atoms with van der Waals surface area (Å²) >= 11 is 5.05. The van der Waals surface area contributed by atoms with Crippen molar-refractivity contribution in [2.45, 2.75) is 19.4 Å². The average Bonchev–Trinajstić information content (AvgIpc) is 2.30. The van der Waals surface area contributed by atoms with Crippen LogP contribution >= 0.6 is 12.2 Å². The molecule has 0 spiro atoms. The van der Waals surface area contributed by atoms with E-state index in [0.29, 0.717) is 10.9 Å². The highest BCUT2D eigenvalue weighted by Crippen LogP contribution is 2.17. The summed E-state index contributed by atoms with van der Waals surface area (Å²) in [7, 11) is 0. The van der Waals surface area contributed by atoms with Gasteiger partial charge in [0.15, 0.2) is 0 Å². The first kappa shape index (κ1) is 11.4. The van der Waals surface area contributed by atoms with Gasteiger partial charge in [0.25, 0.3) is 0 Å². The Bertz CT molecular complexity index is 354. The first-order valence-corrected chi connectivity index (χ1v) is 5.94. The van der Waals surface area contributed by atoms with Gasteiger partial charge < -0.3 is 5.73 Å². The van der Waals surface area contributed by atoms with Crippen LogP contribution in [0.5, 0.6) is 0 Å². The van der Waals surface area contributed by atoms with Crippen LogP contribution in [0.2, 0.25) is 0 Å². The minimum absolute atomic E-state index is 0.354. The van der Waals surface area contributed by atoms with Crippen molar-refractivity contribution in [1.29, 1.82) is 0 Å². The fraction of sp³-hybridized carbons (Fsp3) is 0.545. The number of likely N-dealkylation sites (tertiary alicyclic amines) is 1. The Morgan fingerprint density at radius 2 is 2.25 bits per heavy atom. The van der Waals surface area contributed by atoms with Gasteiger partial charge in [-0.15, -0.1) is 0 Å². The maximum Gasteiger partial charge on any atom is 0.142 e. The first-order valence-electron chi connectivity index (χ1n) is 5.53. The standard InChI is InChI=1S/C11H16N4S/c12-11(16)9-3-1-6-15(7-9)8-10-13-4-2-5-14-10/h2,4-5,9H,1,3,6-8H2,(H2,12,16). The van der Waals surface area contributed by atoms with Gasteiger partial charge in [-0.2, -0.15) is 0 Å². The van der Waals surface area contributed by atoms with Gasteiger partial charge in [0.05, 0.1) is 11.5 Å². The molecule has 0 aromatic carbocycles. The Kier molecular flexibility index (Phi) is 3.79. The van der Waals surface area contributed by atoms with Crippen LogP contribution in [0.15, 0.2) is 18.5 Å². The Morgan fingerprint density at radius 1 is 1.50 bits per heavy atom. The van der Waals surface area contributed by atoms with E-state index < -0.39 is 0 Å². The zero-order valence-electron chi connectivity index (χ0n) is 9.17. The molecule has 0 bridgehead atoms. The molecule has 86 valence electrons. The number of hydrogen-bond donors (Lipinski definition) is 1. The van der Waals surface area contributed by atoms with Gasteiger partial charge in [-0.25, -0.2) is 9.97 Å². The average molecular weight is 236 g/mol. The summed E-state index contributed by atoms with van der Waals surface area (Å²) in [6.45, 7) is 2.81. The molecule has 1 fully saturated rings. The molecule has 16 heavy (non-hydrogen) atoms. The van der Waals surface area contributed by atoms with Crippen LogP contribution in [-0.4, -0.2) is 32.9 Å². The second-order valence-corrected chi connectivity index (χ2v) is 4.61. The summed E-state index contributed by atoms with van der Waals surface area (Å²) in [5.41, 5.74) is 5.70. The number of thiocarbonyl (C=S) groups is 1. The minimum Gasteiger partial charge on any atom is -0.393 e. The Hall–Kier alpha value is -1.07. The van der Waals surface area contributed by atoms with Gasteiger partial charge in [0, 0.05) is 24.9 Å². The van der Waals surface area contributed by atoms with E-state index in [-0.39, 0.29) is 0 Å². The third-order valence-corrected chi connectivity index (χ3v) is 3.23. The van der Waals surface area contributed by atoms with Crippen molar-refractivity contribution in [3.63, 3.8) is 0 Å². The van der Waals surface area contributed by atoms with Crippen LogP contribution in [-0.2, 0) is 6.54 Å². The van der Waals surface area contributed by atoms with Crippen molar-refractivity contribution < 1.29 is 0 Å². The maximum atomic E-state index is 5.70. The zero-order chi connectivity index (χ0) is 11.4. The fourth-order valence-corrected chi connectivity index (χ4v) is 2.24. The smallest absolute Gasteiger partial charge is 0.142 e. The lowest BCUT2D eigenvalue weighted by Gasteiger charge is -2.31. The lowest BCUT2D eigenvalue weighted by molar-refractivity contribution is 0.193. The number of nitrogens with zero attached hydrogens (tertiary/aromatic N) is 3. The molecule has 5 heteroatoms. The van der Waals surface area contributed by atoms with E-state index in [1.165, 1.54) is 0 Å². The molecular weight excluding hydrogens is 220 g/mol. The Morgan fingerprint density at radius 3 is 2.94 bits per heavy atom. The monoisotopic (exact) mass is 236 g/mol. The Labute approximate surface area is 101 Å². The number of aromatic nitrogens is 2. The Balaban J connectivity index is 1.93. The molecule has 0 amide bonds. The lowest BCUT2D eigenvalue weighted by atomic mass is 9.98. The molecule has 0 radical (unpaired) electrons. The van der Waals surface area contributed by atoms with Crippen LogP contribution in [0.3, 0.4) is 0 Å². The van der Waals surface area contributed by atoms with Crippen molar-refractivity contribution in [2.24, 2.45) is 11.7 Å². The lowest BCUT2D eigenvalue weighted by Crippen LogP contribution is -2.40. The van der Waals surface area contributed by atoms with Gasteiger partial charge in [0.2, 0.25) is 0 Å². The van der Waals surface area contributed by atoms with Crippen LogP contribution in [0.25, 0.3) is 0 Å². The van der Waals surface area contributed by atoms with Crippen molar-refractivity contribution >= 4 is 17.2 Å². The van der Waals surface area contributed by atoms with Crippen LogP contribution in [0, 0.1) is 5.92 Å². The molecule has 1 aromatic heterocycles. The molecule has 0 aliphatic carbocycles. The molecule has 4 nitrogen and oxygen atoms in total. The quantitative estimate of drug-likeness (QED) is 0.793. The molecule has 1 aliphatic rings. The van der Waals surface area contributed by atoms with Gasteiger partial charge in [-0.05, 0) is 25.5 Å². The molecule has 1 saturated heterocycles. The highest BCUT2D eigenvalue weighted by Gasteiger charge is 2.22. The van der Waals surface area contributed by atoms with E-state index in [1.54, 1.807) is 12.4 Å². The highest BCUT2D eigenvalue weighted by molar-refractivity contribution is 7.80. The van der Waals surface area contributed by atoms with Gasteiger partial charge in [-0.1, -0.05) is 12.2 Å². The summed E-state index contributed by atoms with van der Waals surface area (Å²) in [6.07, 6.45) is 5.81. The van der Waals surface area contributed by atoms with Crippen molar-refractivity contribution in [2.75, 3.05) is 13.1 Å². The van der Waals surface area contributed by atoms with E-state index in [2.05, 4.69) is 14.9 Å². The molecular formula is C11H16N4S. The van der Waals surface area contributed by atoms with Crippen molar-refractivity contribution in [3.8, 4) is 0 Å². The highest BCUT2D eigenvalue weighted by atomic mass is 32.1. The normalized spacial score (nSPS) is 21.9. The maximum absolute atomic E-state index is 5.70. The second kappa shape index (κ2) is 5.32. The van der Waals surface area contributed by atoms with Crippen LogP contribution in [0.1, 0.15) is 18.7 Å². The van der Waals surface area contributed by atoms with Crippen LogP contribution < -0.4 is 5.73 Å². The van der Waals surface area contributed by atoms with Crippen LogP contribution in [0.4, 0.5) is 0 Å². The largest absolute Gasteiger partial charge is 0.393 e. The summed E-state index contributed by atoms with van der Waals surface area (Å²) in [4.78, 5) is 11.4. The predicted molar refractivity (Wildman–Crippen MR) is 66.8 cm³/mol. The van der Waals surface area contributed by atoms with Gasteiger partial charge >= 0.3 is 0 Å². The number of nitrogens with two attached hydrogens (primary N) is 1. The van der Waals surface area contributed by atoms with Gasteiger partial charge in [0.1, 0.15) is 5.82 Å². The van der Waals surface area contributed by atoms with Gasteiger partial charge in [-0.3, -0.25) is 4.90 Å². The molecule has 1 atom stereocenters. The van der Waals surface area contributed by atoms with E-state index in [0.717, 1.165) is 38.3 Å². The third kappa shape index (κ3) is 2.96. The minimum atomic E-state index is 0.354. The summed E-state index contributed by atoms with van der Waals surface area (Å²) in [6, 6.07) is 1.83. The molecule has 0 saturated carbocycles. The van der Waals surface area contributed by atoms with E-state index in [4.69, 9.17) is 18.0 Å². The van der Waals surface area contributed by atoms with Crippen molar-refractivity contribution in [3.05, 3.63) is 24.3 Å². The van der Waals surface area contributed by atoms with E-state index in [1.807, 2.05) is 6.07 Å². The number of hydrogen-bond acceptors (Lipinski definition) is 4. The first-order chi connectivity index (χ1) is 7.75. The third-order valence-electron chi connectivity index (χ3n) is 2.89. The zero-order valence-corrected chi connectivity index (χ0v) is 9.99. The summed E-state index contributed by atoms with van der Waals surface area (Å²) in [5.74, 6) is 1.22. The molecule has 2 rings (SSSR count). The second-order valence-electron chi connectivity index (χ2n) is 4.14. The molecule has 1 unspecified atom stereocenters. The topological polar surface area (TPSA) is 55.0 Å². The molecule has 2 N–H and O–H groups in total. The fourth-order valence-electron chi connectivity index (χ4n) is 2.04. The summed E-state index contributed by atoms with van der Waals surface area (Å²) < 4.78 is 0. The molecule has 2 heterocycles.